The van der Waals surface area contributed by atoms with E-state index in [4.69, 9.17) is 0 Å². The molecular formula is C21H26N2O. The molecule has 2 heterocycles. The molecule has 0 aliphatic carbocycles. The molecule has 1 unspecified atom stereocenters. The lowest BCUT2D eigenvalue weighted by Gasteiger charge is -2.47. The Balaban J connectivity index is 1.48. The molecule has 2 aliphatic rings. The van der Waals surface area contributed by atoms with Crippen molar-refractivity contribution in [2.24, 2.45) is 0 Å². The largest absolute Gasteiger partial charge is 0.391 e. The Hall–Kier alpha value is -1.84. The van der Waals surface area contributed by atoms with Crippen molar-refractivity contribution in [1.29, 1.82) is 0 Å². The van der Waals surface area contributed by atoms with Crippen LogP contribution in [0.1, 0.15) is 24.8 Å². The summed E-state index contributed by atoms with van der Waals surface area (Å²) >= 11 is 0. The lowest BCUT2D eigenvalue weighted by atomic mass is 9.82. The average Bonchev–Trinajstić information content (AvgIpc) is 2.95. The van der Waals surface area contributed by atoms with Crippen molar-refractivity contribution in [3.05, 3.63) is 66.2 Å². The van der Waals surface area contributed by atoms with Crippen molar-refractivity contribution in [1.82, 2.24) is 4.90 Å². The van der Waals surface area contributed by atoms with E-state index < -0.39 is 0 Å². The quantitative estimate of drug-likeness (QED) is 0.939. The summed E-state index contributed by atoms with van der Waals surface area (Å²) in [5.74, 6) is 0. The fourth-order valence-electron chi connectivity index (χ4n) is 4.46. The smallest absolute Gasteiger partial charge is 0.0789 e. The minimum absolute atomic E-state index is 0.0749. The second kappa shape index (κ2) is 6.58. The van der Waals surface area contributed by atoms with Crippen molar-refractivity contribution in [2.45, 2.75) is 37.5 Å². The van der Waals surface area contributed by atoms with Gasteiger partial charge in [-0.2, -0.15) is 0 Å². The molecule has 0 saturated carbocycles. The van der Waals surface area contributed by atoms with Crippen LogP contribution in [0.4, 0.5) is 5.69 Å². The molecular weight excluding hydrogens is 296 g/mol. The standard InChI is InChI=1S/C21H26N2O/c24-20-11-14-23(19-9-5-2-6-10-19)21(20)12-15-22(16-13-21)17-18-7-3-1-4-8-18/h1-10,20,24H,11-17H2. The molecule has 0 bridgehead atoms. The van der Waals surface area contributed by atoms with Gasteiger partial charge in [0, 0.05) is 31.9 Å². The highest BCUT2D eigenvalue weighted by Gasteiger charge is 2.49. The molecule has 1 atom stereocenters. The highest BCUT2D eigenvalue weighted by atomic mass is 16.3. The molecule has 126 valence electrons. The minimum Gasteiger partial charge on any atom is -0.391 e. The van der Waals surface area contributed by atoms with E-state index in [-0.39, 0.29) is 11.6 Å². The van der Waals surface area contributed by atoms with E-state index in [0.717, 1.165) is 45.4 Å². The number of hydrogen-bond donors (Lipinski definition) is 1. The van der Waals surface area contributed by atoms with Gasteiger partial charge in [0.05, 0.1) is 11.6 Å². The maximum Gasteiger partial charge on any atom is 0.0789 e. The van der Waals surface area contributed by atoms with Gasteiger partial charge in [-0.25, -0.2) is 0 Å². The summed E-state index contributed by atoms with van der Waals surface area (Å²) in [6.45, 7) is 4.08. The molecule has 2 fully saturated rings. The third-order valence-electron chi connectivity index (χ3n) is 5.82. The van der Waals surface area contributed by atoms with Crippen molar-refractivity contribution >= 4 is 5.69 Å². The van der Waals surface area contributed by atoms with Gasteiger partial charge in [0.25, 0.3) is 0 Å². The SMILES string of the molecule is OC1CCN(c2ccccc2)C12CCN(Cc1ccccc1)CC2. The number of likely N-dealkylation sites (tertiary alicyclic amines) is 1. The molecule has 2 saturated heterocycles. The Labute approximate surface area is 144 Å². The summed E-state index contributed by atoms with van der Waals surface area (Å²) in [6, 6.07) is 21.3. The van der Waals surface area contributed by atoms with Crippen LogP contribution in [0.15, 0.2) is 60.7 Å². The summed E-state index contributed by atoms with van der Waals surface area (Å²) in [5.41, 5.74) is 2.56. The Morgan fingerprint density at radius 1 is 0.875 bits per heavy atom. The van der Waals surface area contributed by atoms with Crippen molar-refractivity contribution in [2.75, 3.05) is 24.5 Å². The summed E-state index contributed by atoms with van der Waals surface area (Å²) in [6.07, 6.45) is 2.75. The van der Waals surface area contributed by atoms with Crippen molar-refractivity contribution < 1.29 is 5.11 Å². The molecule has 2 aliphatic heterocycles. The molecule has 2 aromatic rings. The van der Waals surface area contributed by atoms with Crippen LogP contribution in [0.25, 0.3) is 0 Å². The van der Waals surface area contributed by atoms with Crippen LogP contribution >= 0.6 is 0 Å². The zero-order valence-electron chi connectivity index (χ0n) is 14.1. The normalized spacial score (nSPS) is 23.7. The lowest BCUT2D eigenvalue weighted by molar-refractivity contribution is 0.0535. The summed E-state index contributed by atoms with van der Waals surface area (Å²) in [7, 11) is 0. The molecule has 24 heavy (non-hydrogen) atoms. The Morgan fingerprint density at radius 3 is 2.17 bits per heavy atom. The highest BCUT2D eigenvalue weighted by molar-refractivity contribution is 5.51. The van der Waals surface area contributed by atoms with Crippen LogP contribution in [-0.2, 0) is 6.54 Å². The molecule has 3 heteroatoms. The predicted octanol–water partition coefficient (Wildman–Crippen LogP) is 3.29. The first-order chi connectivity index (χ1) is 11.8. The second-order valence-corrected chi connectivity index (χ2v) is 7.16. The van der Waals surface area contributed by atoms with Gasteiger partial charge in [0.2, 0.25) is 0 Å². The van der Waals surface area contributed by atoms with Gasteiger partial charge in [-0.05, 0) is 37.0 Å². The van der Waals surface area contributed by atoms with E-state index in [2.05, 4.69) is 70.5 Å². The van der Waals surface area contributed by atoms with Crippen molar-refractivity contribution in [3.8, 4) is 0 Å². The lowest BCUT2D eigenvalue weighted by Crippen LogP contribution is -2.57. The first-order valence-electron chi connectivity index (χ1n) is 9.05. The first kappa shape index (κ1) is 15.7. The zero-order valence-corrected chi connectivity index (χ0v) is 14.1. The van der Waals surface area contributed by atoms with E-state index in [1.807, 2.05) is 0 Å². The maximum atomic E-state index is 10.8. The number of aliphatic hydroxyl groups is 1. The maximum absolute atomic E-state index is 10.8. The molecule has 4 rings (SSSR count). The topological polar surface area (TPSA) is 26.7 Å². The number of rotatable bonds is 3. The number of para-hydroxylation sites is 1. The summed E-state index contributed by atoms with van der Waals surface area (Å²) in [5, 5.41) is 10.8. The minimum atomic E-state index is -0.211. The molecule has 1 N–H and O–H groups in total. The molecule has 2 aromatic carbocycles. The Morgan fingerprint density at radius 2 is 1.50 bits per heavy atom. The summed E-state index contributed by atoms with van der Waals surface area (Å²) < 4.78 is 0. The van der Waals surface area contributed by atoms with E-state index in [1.54, 1.807) is 0 Å². The van der Waals surface area contributed by atoms with Crippen LogP contribution in [0.5, 0.6) is 0 Å². The predicted molar refractivity (Wildman–Crippen MR) is 98.1 cm³/mol. The van der Waals surface area contributed by atoms with Gasteiger partial charge in [0.1, 0.15) is 0 Å². The van der Waals surface area contributed by atoms with Crippen LogP contribution in [0.3, 0.4) is 0 Å². The molecule has 1 spiro atoms. The van der Waals surface area contributed by atoms with Gasteiger partial charge in [0.15, 0.2) is 0 Å². The average molecular weight is 322 g/mol. The number of anilines is 1. The van der Waals surface area contributed by atoms with E-state index in [9.17, 15) is 5.11 Å². The van der Waals surface area contributed by atoms with Crippen LogP contribution < -0.4 is 4.90 Å². The fraction of sp³-hybridized carbons (Fsp3) is 0.429. The zero-order chi connectivity index (χ0) is 16.4. The molecule has 0 amide bonds. The third-order valence-corrected chi connectivity index (χ3v) is 5.82. The highest BCUT2D eigenvalue weighted by Crippen LogP contribution is 2.41. The number of aliphatic hydroxyl groups excluding tert-OH is 1. The van der Waals surface area contributed by atoms with Crippen LogP contribution in [0, 0.1) is 0 Å². The van der Waals surface area contributed by atoms with Crippen LogP contribution in [-0.4, -0.2) is 41.3 Å². The summed E-state index contributed by atoms with van der Waals surface area (Å²) in [4.78, 5) is 4.99. The van der Waals surface area contributed by atoms with Gasteiger partial charge in [-0.1, -0.05) is 48.5 Å². The fourth-order valence-corrected chi connectivity index (χ4v) is 4.46. The van der Waals surface area contributed by atoms with Gasteiger partial charge in [-0.15, -0.1) is 0 Å². The monoisotopic (exact) mass is 322 g/mol. The van der Waals surface area contributed by atoms with E-state index >= 15 is 0 Å². The van der Waals surface area contributed by atoms with Gasteiger partial charge in [-0.3, -0.25) is 4.90 Å². The molecule has 3 nitrogen and oxygen atoms in total. The number of hydrogen-bond acceptors (Lipinski definition) is 3. The number of benzene rings is 2. The molecule has 0 radical (unpaired) electrons. The Bertz CT molecular complexity index is 650. The second-order valence-electron chi connectivity index (χ2n) is 7.16. The third kappa shape index (κ3) is 2.83. The first-order valence-corrected chi connectivity index (χ1v) is 9.05. The van der Waals surface area contributed by atoms with E-state index in [1.165, 1.54) is 11.3 Å². The van der Waals surface area contributed by atoms with Crippen molar-refractivity contribution in [3.63, 3.8) is 0 Å². The molecule has 0 aromatic heterocycles. The van der Waals surface area contributed by atoms with Crippen LogP contribution in [0.2, 0.25) is 0 Å². The van der Waals surface area contributed by atoms with Gasteiger partial charge < -0.3 is 10.0 Å². The number of nitrogens with zero attached hydrogens (tertiary/aromatic N) is 2. The number of piperidine rings is 1. The van der Waals surface area contributed by atoms with Gasteiger partial charge >= 0.3 is 0 Å². The Kier molecular flexibility index (Phi) is 4.30. The van der Waals surface area contributed by atoms with E-state index in [0.29, 0.717) is 0 Å².